The van der Waals surface area contributed by atoms with Gasteiger partial charge in [0.15, 0.2) is 0 Å². The van der Waals surface area contributed by atoms with E-state index in [9.17, 15) is 14.4 Å². The summed E-state index contributed by atoms with van der Waals surface area (Å²) in [5, 5.41) is 6.08. The van der Waals surface area contributed by atoms with E-state index in [-0.39, 0.29) is 17.9 Å². The summed E-state index contributed by atoms with van der Waals surface area (Å²) in [6.45, 7) is 1.02. The monoisotopic (exact) mass is 359 g/mol. The maximum absolute atomic E-state index is 13.2. The molecule has 140 valence electrons. The summed E-state index contributed by atoms with van der Waals surface area (Å²) in [5.41, 5.74) is 0.517. The minimum Gasteiger partial charge on any atom is -0.467 e. The molecule has 2 N–H and O–H groups in total. The summed E-state index contributed by atoms with van der Waals surface area (Å²) in [7, 11) is 1.33. The number of nitrogens with zero attached hydrogens (tertiary/aromatic N) is 1. The lowest BCUT2D eigenvalue weighted by molar-refractivity contribution is -0.158. The predicted molar refractivity (Wildman–Crippen MR) is 95.5 cm³/mol. The van der Waals surface area contributed by atoms with E-state index < -0.39 is 18.1 Å². The molecular weight excluding hydrogens is 334 g/mol. The molecule has 0 saturated carbocycles. The van der Waals surface area contributed by atoms with Crippen molar-refractivity contribution in [2.75, 3.05) is 20.2 Å². The van der Waals surface area contributed by atoms with Crippen LogP contribution < -0.4 is 10.6 Å². The van der Waals surface area contributed by atoms with Crippen molar-refractivity contribution in [1.29, 1.82) is 0 Å². The molecule has 1 aromatic rings. The number of methoxy groups -OCH3 is 1. The molecule has 1 aromatic carbocycles. The van der Waals surface area contributed by atoms with Crippen molar-refractivity contribution in [3.05, 3.63) is 35.9 Å². The second-order valence-electron chi connectivity index (χ2n) is 6.77. The normalized spacial score (nSPS) is 26.3. The van der Waals surface area contributed by atoms with Gasteiger partial charge in [-0.15, -0.1) is 0 Å². The first kappa shape index (κ1) is 18.4. The number of carbonyl (C=O) groups is 3. The van der Waals surface area contributed by atoms with Gasteiger partial charge in [0.25, 0.3) is 5.91 Å². The Balaban J connectivity index is 1.80. The summed E-state index contributed by atoms with van der Waals surface area (Å²) >= 11 is 0. The highest BCUT2D eigenvalue weighted by Gasteiger charge is 2.42. The third-order valence-corrected chi connectivity index (χ3v) is 5.09. The average molecular weight is 359 g/mol. The Morgan fingerprint density at radius 2 is 1.88 bits per heavy atom. The van der Waals surface area contributed by atoms with Gasteiger partial charge >= 0.3 is 5.97 Å². The van der Waals surface area contributed by atoms with Gasteiger partial charge in [0, 0.05) is 24.7 Å². The molecule has 2 saturated heterocycles. The molecular formula is C19H25N3O4. The maximum atomic E-state index is 13.2. The van der Waals surface area contributed by atoms with Crippen LogP contribution in [0.3, 0.4) is 0 Å². The van der Waals surface area contributed by atoms with Gasteiger partial charge in [-0.2, -0.15) is 0 Å². The number of piperazine rings is 1. The van der Waals surface area contributed by atoms with Crippen LogP contribution in [0.5, 0.6) is 0 Å². The van der Waals surface area contributed by atoms with Crippen molar-refractivity contribution < 1.29 is 19.1 Å². The number of hydrogen-bond acceptors (Lipinski definition) is 5. The number of carbonyl (C=O) groups excluding carboxylic acids is 3. The summed E-state index contributed by atoms with van der Waals surface area (Å²) in [6.07, 6.45) is 3.22. The van der Waals surface area contributed by atoms with Gasteiger partial charge in [-0.05, 0) is 25.0 Å². The summed E-state index contributed by atoms with van der Waals surface area (Å²) in [5.74, 6) is -0.897. The minimum atomic E-state index is -0.652. The van der Waals surface area contributed by atoms with Crippen LogP contribution in [0.1, 0.15) is 36.0 Å². The zero-order valence-corrected chi connectivity index (χ0v) is 14.9. The molecule has 0 aromatic heterocycles. The smallest absolute Gasteiger partial charge is 0.329 e. The van der Waals surface area contributed by atoms with E-state index in [1.807, 2.05) is 6.07 Å². The highest BCUT2D eigenvalue weighted by atomic mass is 16.5. The van der Waals surface area contributed by atoms with E-state index in [1.54, 1.807) is 29.2 Å². The molecule has 2 aliphatic heterocycles. The van der Waals surface area contributed by atoms with Crippen molar-refractivity contribution >= 4 is 17.8 Å². The second-order valence-corrected chi connectivity index (χ2v) is 6.77. The summed E-state index contributed by atoms with van der Waals surface area (Å²) < 4.78 is 4.88. The number of benzene rings is 1. The second kappa shape index (κ2) is 8.31. The average Bonchev–Trinajstić information content (AvgIpc) is 2.68. The van der Waals surface area contributed by atoms with Crippen LogP contribution in [-0.2, 0) is 14.3 Å². The van der Waals surface area contributed by atoms with E-state index in [2.05, 4.69) is 10.6 Å². The lowest BCUT2D eigenvalue weighted by Gasteiger charge is -2.44. The molecule has 2 heterocycles. The number of nitrogens with one attached hydrogen (secondary N) is 2. The van der Waals surface area contributed by atoms with E-state index in [0.29, 0.717) is 25.1 Å². The minimum absolute atomic E-state index is 0.0585. The Labute approximate surface area is 153 Å². The van der Waals surface area contributed by atoms with E-state index in [4.69, 9.17) is 4.74 Å². The fraction of sp³-hybridized carbons (Fsp3) is 0.526. The molecule has 0 bridgehead atoms. The Kier molecular flexibility index (Phi) is 5.88. The fourth-order valence-corrected chi connectivity index (χ4v) is 3.74. The number of fused-ring (bicyclic) bond motifs is 1. The van der Waals surface area contributed by atoms with Crippen LogP contribution in [0.2, 0.25) is 0 Å². The molecule has 3 atom stereocenters. The molecule has 2 aliphatic rings. The van der Waals surface area contributed by atoms with Gasteiger partial charge in [-0.3, -0.25) is 9.59 Å². The SMILES string of the molecule is COC(=O)[C@@H]1CNC[C@@H]2CCCC[C@H](NC(=O)c3ccccc3)C(=O)N21. The van der Waals surface area contributed by atoms with Gasteiger partial charge in [0.1, 0.15) is 12.1 Å². The Morgan fingerprint density at radius 3 is 2.62 bits per heavy atom. The highest BCUT2D eigenvalue weighted by molar-refractivity contribution is 5.98. The predicted octanol–water partition coefficient (Wildman–Crippen LogP) is 0.701. The van der Waals surface area contributed by atoms with E-state index in [0.717, 1.165) is 19.3 Å². The lowest BCUT2D eigenvalue weighted by Crippen LogP contribution is -2.65. The zero-order valence-electron chi connectivity index (χ0n) is 14.9. The van der Waals surface area contributed by atoms with Gasteiger partial charge in [-0.1, -0.05) is 31.0 Å². The van der Waals surface area contributed by atoms with Crippen molar-refractivity contribution in [3.63, 3.8) is 0 Å². The first-order valence-corrected chi connectivity index (χ1v) is 9.08. The number of esters is 1. The first-order valence-electron chi connectivity index (χ1n) is 9.08. The number of amides is 2. The number of ether oxygens (including phenoxy) is 1. The Morgan fingerprint density at radius 1 is 1.15 bits per heavy atom. The van der Waals surface area contributed by atoms with Gasteiger partial charge in [0.05, 0.1) is 7.11 Å². The third-order valence-electron chi connectivity index (χ3n) is 5.09. The van der Waals surface area contributed by atoms with Crippen molar-refractivity contribution in [3.8, 4) is 0 Å². The fourth-order valence-electron chi connectivity index (χ4n) is 3.74. The van der Waals surface area contributed by atoms with Crippen LogP contribution in [0.15, 0.2) is 30.3 Å². The molecule has 0 spiro atoms. The number of rotatable bonds is 3. The van der Waals surface area contributed by atoms with Crippen LogP contribution in [0.4, 0.5) is 0 Å². The van der Waals surface area contributed by atoms with Crippen molar-refractivity contribution in [2.45, 2.75) is 43.8 Å². The first-order chi connectivity index (χ1) is 12.6. The summed E-state index contributed by atoms with van der Waals surface area (Å²) in [4.78, 5) is 39.5. The van der Waals surface area contributed by atoms with Gasteiger partial charge in [-0.25, -0.2) is 4.79 Å². The standard InChI is InChI=1S/C19H25N3O4/c1-26-19(25)16-12-20-11-14-9-5-6-10-15(18(24)22(14)16)21-17(23)13-7-3-2-4-8-13/h2-4,7-8,14-16,20H,5-6,9-12H2,1H3,(H,21,23)/t14-,15-,16-/m0/s1. The molecule has 0 aliphatic carbocycles. The van der Waals surface area contributed by atoms with Crippen molar-refractivity contribution in [1.82, 2.24) is 15.5 Å². The summed E-state index contributed by atoms with van der Waals surface area (Å²) in [6, 6.07) is 7.50. The molecule has 0 radical (unpaired) electrons. The molecule has 7 nitrogen and oxygen atoms in total. The van der Waals surface area contributed by atoms with Crippen LogP contribution in [0.25, 0.3) is 0 Å². The van der Waals surface area contributed by atoms with Gasteiger partial charge in [0.2, 0.25) is 5.91 Å². The van der Waals surface area contributed by atoms with E-state index >= 15 is 0 Å². The molecule has 2 fully saturated rings. The molecule has 2 amide bonds. The van der Waals surface area contributed by atoms with Crippen molar-refractivity contribution in [2.24, 2.45) is 0 Å². The number of hydrogen-bond donors (Lipinski definition) is 2. The molecule has 7 heteroatoms. The third kappa shape index (κ3) is 3.88. The zero-order chi connectivity index (χ0) is 18.5. The molecule has 0 unspecified atom stereocenters. The quantitative estimate of drug-likeness (QED) is 0.776. The van der Waals surface area contributed by atoms with Gasteiger partial charge < -0.3 is 20.3 Å². The largest absolute Gasteiger partial charge is 0.467 e. The Hall–Kier alpha value is -2.41. The van der Waals surface area contributed by atoms with Crippen LogP contribution >= 0.6 is 0 Å². The Bertz CT molecular complexity index is 664. The van der Waals surface area contributed by atoms with Crippen LogP contribution in [0, 0.1) is 0 Å². The molecule has 26 heavy (non-hydrogen) atoms. The maximum Gasteiger partial charge on any atom is 0.329 e. The molecule has 3 rings (SSSR count). The highest BCUT2D eigenvalue weighted by Crippen LogP contribution is 2.23. The van der Waals surface area contributed by atoms with E-state index in [1.165, 1.54) is 7.11 Å². The lowest BCUT2D eigenvalue weighted by atomic mass is 9.94. The van der Waals surface area contributed by atoms with Crippen LogP contribution in [-0.4, -0.2) is 61.0 Å². The topological polar surface area (TPSA) is 87.7 Å².